The molecule has 7 heteroatoms. The Bertz CT molecular complexity index is 542. The molecule has 0 spiro atoms. The molecule has 23 heavy (non-hydrogen) atoms. The van der Waals surface area contributed by atoms with Crippen molar-refractivity contribution < 1.29 is 19.1 Å². The molecule has 2 rings (SSSR count). The zero-order valence-corrected chi connectivity index (χ0v) is 13.1. The summed E-state index contributed by atoms with van der Waals surface area (Å²) >= 11 is 0. The maximum Gasteiger partial charge on any atom is 0.317 e. The first-order chi connectivity index (χ1) is 11.0. The lowest BCUT2D eigenvalue weighted by Crippen LogP contribution is -2.50. The SMILES string of the molecule is CCNC(=O)N1CCC(NC(=O)[C@@H](O)c2ccc(F)cc2)CC1. The number of aliphatic hydroxyl groups is 1. The molecule has 0 bridgehead atoms. The van der Waals surface area contributed by atoms with E-state index in [1.165, 1.54) is 24.3 Å². The second kappa shape index (κ2) is 7.92. The molecule has 1 heterocycles. The number of aliphatic hydroxyl groups excluding tert-OH is 1. The number of piperidine rings is 1. The van der Waals surface area contributed by atoms with Gasteiger partial charge in [-0.15, -0.1) is 0 Å². The van der Waals surface area contributed by atoms with Crippen LogP contribution in [0.4, 0.5) is 9.18 Å². The van der Waals surface area contributed by atoms with Crippen molar-refractivity contribution in [2.75, 3.05) is 19.6 Å². The van der Waals surface area contributed by atoms with Crippen molar-refractivity contribution in [2.45, 2.75) is 31.9 Å². The summed E-state index contributed by atoms with van der Waals surface area (Å²) in [7, 11) is 0. The molecule has 3 amide bonds. The largest absolute Gasteiger partial charge is 0.378 e. The monoisotopic (exact) mass is 323 g/mol. The van der Waals surface area contributed by atoms with Gasteiger partial charge in [-0.2, -0.15) is 0 Å². The number of urea groups is 1. The van der Waals surface area contributed by atoms with Gasteiger partial charge in [0.25, 0.3) is 5.91 Å². The van der Waals surface area contributed by atoms with Gasteiger partial charge in [0.05, 0.1) is 0 Å². The van der Waals surface area contributed by atoms with Crippen molar-refractivity contribution in [1.29, 1.82) is 0 Å². The number of carbonyl (C=O) groups is 2. The third-order valence-corrected chi connectivity index (χ3v) is 3.89. The highest BCUT2D eigenvalue weighted by Crippen LogP contribution is 2.16. The molecule has 1 aromatic carbocycles. The maximum atomic E-state index is 12.9. The van der Waals surface area contributed by atoms with E-state index in [0.29, 0.717) is 38.0 Å². The van der Waals surface area contributed by atoms with Crippen LogP contribution in [0.5, 0.6) is 0 Å². The molecule has 126 valence electrons. The molecule has 1 atom stereocenters. The number of hydrogen-bond acceptors (Lipinski definition) is 3. The molecule has 1 saturated heterocycles. The van der Waals surface area contributed by atoms with Gasteiger partial charge in [-0.25, -0.2) is 9.18 Å². The molecule has 3 N–H and O–H groups in total. The predicted molar refractivity (Wildman–Crippen MR) is 83.2 cm³/mol. The van der Waals surface area contributed by atoms with Gasteiger partial charge in [0.15, 0.2) is 6.10 Å². The first kappa shape index (κ1) is 17.2. The minimum absolute atomic E-state index is 0.0803. The van der Waals surface area contributed by atoms with Crippen molar-refractivity contribution in [3.63, 3.8) is 0 Å². The van der Waals surface area contributed by atoms with Crippen LogP contribution in [0.15, 0.2) is 24.3 Å². The summed E-state index contributed by atoms with van der Waals surface area (Å²) < 4.78 is 12.9. The van der Waals surface area contributed by atoms with Gasteiger partial charge in [0.1, 0.15) is 5.82 Å². The Morgan fingerprint density at radius 2 is 1.91 bits per heavy atom. The van der Waals surface area contributed by atoms with Crippen LogP contribution in [-0.2, 0) is 4.79 Å². The fraction of sp³-hybridized carbons (Fsp3) is 0.500. The zero-order valence-electron chi connectivity index (χ0n) is 13.1. The van der Waals surface area contributed by atoms with Crippen molar-refractivity contribution in [2.24, 2.45) is 0 Å². The van der Waals surface area contributed by atoms with Crippen LogP contribution >= 0.6 is 0 Å². The minimum Gasteiger partial charge on any atom is -0.378 e. The van der Waals surface area contributed by atoms with E-state index < -0.39 is 17.8 Å². The van der Waals surface area contributed by atoms with Crippen LogP contribution in [0.1, 0.15) is 31.4 Å². The zero-order chi connectivity index (χ0) is 16.8. The van der Waals surface area contributed by atoms with Gasteiger partial charge >= 0.3 is 6.03 Å². The van der Waals surface area contributed by atoms with Gasteiger partial charge in [-0.05, 0) is 37.5 Å². The lowest BCUT2D eigenvalue weighted by atomic mass is 10.0. The van der Waals surface area contributed by atoms with Crippen LogP contribution in [0.3, 0.4) is 0 Å². The summed E-state index contributed by atoms with van der Waals surface area (Å²) in [6, 6.07) is 5.01. The quantitative estimate of drug-likeness (QED) is 0.778. The van der Waals surface area contributed by atoms with Crippen molar-refractivity contribution in [1.82, 2.24) is 15.5 Å². The third kappa shape index (κ3) is 4.66. The lowest BCUT2D eigenvalue weighted by Gasteiger charge is -2.32. The number of nitrogens with one attached hydrogen (secondary N) is 2. The average molecular weight is 323 g/mol. The van der Waals surface area contributed by atoms with Crippen LogP contribution in [0.2, 0.25) is 0 Å². The number of carbonyl (C=O) groups excluding carboxylic acids is 2. The average Bonchev–Trinajstić information content (AvgIpc) is 2.55. The topological polar surface area (TPSA) is 81.7 Å². The van der Waals surface area contributed by atoms with Gasteiger partial charge < -0.3 is 20.6 Å². The molecule has 1 aromatic rings. The molecule has 1 fully saturated rings. The Balaban J connectivity index is 1.82. The van der Waals surface area contributed by atoms with Crippen LogP contribution in [0, 0.1) is 5.82 Å². The summed E-state index contributed by atoms with van der Waals surface area (Å²) in [5.41, 5.74) is 0.351. The number of amides is 3. The number of rotatable bonds is 4. The number of likely N-dealkylation sites (tertiary alicyclic amines) is 1. The normalized spacial score (nSPS) is 16.7. The molecule has 0 saturated carbocycles. The Morgan fingerprint density at radius 1 is 1.30 bits per heavy atom. The molecule has 0 aromatic heterocycles. The van der Waals surface area contributed by atoms with Gasteiger partial charge in [0.2, 0.25) is 0 Å². The van der Waals surface area contributed by atoms with E-state index in [1.54, 1.807) is 4.90 Å². The third-order valence-electron chi connectivity index (χ3n) is 3.89. The van der Waals surface area contributed by atoms with Gasteiger partial charge in [-0.3, -0.25) is 4.79 Å². The molecule has 6 nitrogen and oxygen atoms in total. The van der Waals surface area contributed by atoms with Crippen molar-refractivity contribution in [3.8, 4) is 0 Å². The fourth-order valence-corrected chi connectivity index (χ4v) is 2.57. The number of benzene rings is 1. The van der Waals surface area contributed by atoms with Crippen LogP contribution in [-0.4, -0.2) is 47.6 Å². The molecule has 0 aliphatic carbocycles. The minimum atomic E-state index is -1.32. The molecule has 1 aliphatic rings. The van der Waals surface area contributed by atoms with Crippen LogP contribution < -0.4 is 10.6 Å². The second-order valence-electron chi connectivity index (χ2n) is 5.56. The van der Waals surface area contributed by atoms with E-state index in [2.05, 4.69) is 10.6 Å². The maximum absolute atomic E-state index is 12.9. The Kier molecular flexibility index (Phi) is 5.92. The first-order valence-electron chi connectivity index (χ1n) is 7.78. The van der Waals surface area contributed by atoms with Crippen molar-refractivity contribution in [3.05, 3.63) is 35.6 Å². The molecular weight excluding hydrogens is 301 g/mol. The highest BCUT2D eigenvalue weighted by molar-refractivity contribution is 5.82. The van der Waals surface area contributed by atoms with E-state index in [-0.39, 0.29) is 12.1 Å². The van der Waals surface area contributed by atoms with Crippen molar-refractivity contribution >= 4 is 11.9 Å². The molecular formula is C16H22FN3O3. The molecule has 1 aliphatic heterocycles. The fourth-order valence-electron chi connectivity index (χ4n) is 2.57. The molecule has 0 radical (unpaired) electrons. The van der Waals surface area contributed by atoms with Crippen LogP contribution in [0.25, 0.3) is 0 Å². The van der Waals surface area contributed by atoms with E-state index in [1.807, 2.05) is 6.92 Å². The second-order valence-corrected chi connectivity index (χ2v) is 5.56. The smallest absolute Gasteiger partial charge is 0.317 e. The Labute approximate surface area is 134 Å². The Morgan fingerprint density at radius 3 is 2.48 bits per heavy atom. The summed E-state index contributed by atoms with van der Waals surface area (Å²) in [4.78, 5) is 25.5. The summed E-state index contributed by atoms with van der Waals surface area (Å²) in [6.45, 7) is 3.56. The highest BCUT2D eigenvalue weighted by atomic mass is 19.1. The number of hydrogen-bond donors (Lipinski definition) is 3. The predicted octanol–water partition coefficient (Wildman–Crippen LogP) is 1.17. The van der Waals surface area contributed by atoms with E-state index in [0.717, 1.165) is 0 Å². The van der Waals surface area contributed by atoms with E-state index in [4.69, 9.17) is 0 Å². The standard InChI is InChI=1S/C16H22FN3O3/c1-2-18-16(23)20-9-7-13(8-10-20)19-15(22)14(21)11-3-5-12(17)6-4-11/h3-6,13-14,21H,2,7-10H2,1H3,(H,18,23)(H,19,22)/t14-/m0/s1. The summed E-state index contributed by atoms with van der Waals surface area (Å²) in [5.74, 6) is -0.924. The van der Waals surface area contributed by atoms with E-state index >= 15 is 0 Å². The summed E-state index contributed by atoms with van der Waals surface area (Å²) in [5, 5.41) is 15.5. The molecule has 0 unspecified atom stereocenters. The Hall–Kier alpha value is -2.15. The van der Waals surface area contributed by atoms with E-state index in [9.17, 15) is 19.1 Å². The highest BCUT2D eigenvalue weighted by Gasteiger charge is 2.26. The first-order valence-corrected chi connectivity index (χ1v) is 7.78. The van der Waals surface area contributed by atoms with Gasteiger partial charge in [0, 0.05) is 25.7 Å². The summed E-state index contributed by atoms with van der Waals surface area (Å²) in [6.07, 6.45) is -0.0464. The van der Waals surface area contributed by atoms with Gasteiger partial charge in [-0.1, -0.05) is 12.1 Å². The lowest BCUT2D eigenvalue weighted by molar-refractivity contribution is -0.130. The number of halogens is 1. The number of nitrogens with zero attached hydrogens (tertiary/aromatic N) is 1.